The molecule has 0 heterocycles. The Bertz CT molecular complexity index is 405. The van der Waals surface area contributed by atoms with Gasteiger partial charge in [0.1, 0.15) is 5.60 Å². The Hall–Kier alpha value is -0.980. The molecule has 0 aliphatic carbocycles. The average molecular weight is 289 g/mol. The Balaban J connectivity index is 3.27. The molecule has 0 aliphatic heterocycles. The van der Waals surface area contributed by atoms with Crippen LogP contribution in [0.4, 0.5) is 5.69 Å². The van der Waals surface area contributed by atoms with Gasteiger partial charge in [-0.25, -0.2) is 0 Å². The van der Waals surface area contributed by atoms with Gasteiger partial charge in [-0.1, -0.05) is 6.07 Å². The van der Waals surface area contributed by atoms with Gasteiger partial charge in [0.2, 0.25) is 0 Å². The second-order valence-corrected chi connectivity index (χ2v) is 4.42. The lowest BCUT2D eigenvalue weighted by Crippen LogP contribution is -2.33. The van der Waals surface area contributed by atoms with Gasteiger partial charge in [-0.05, 0) is 34.5 Å². The average Bonchev–Trinajstić information content (AvgIpc) is 2.28. The van der Waals surface area contributed by atoms with Crippen molar-refractivity contribution in [3.05, 3.63) is 38.3 Å². The SMILES string of the molecule is COC(C)(CN)c1ccc(Br)c([N+](=O)[O-])c1. The minimum absolute atomic E-state index is 0.00854. The fourth-order valence-electron chi connectivity index (χ4n) is 1.30. The summed E-state index contributed by atoms with van der Waals surface area (Å²) < 4.78 is 5.73. The molecule has 0 aliphatic rings. The number of benzene rings is 1. The first-order valence-electron chi connectivity index (χ1n) is 4.64. The smallest absolute Gasteiger partial charge is 0.283 e. The van der Waals surface area contributed by atoms with Crippen LogP contribution in [0.3, 0.4) is 0 Å². The molecule has 0 bridgehead atoms. The zero-order valence-electron chi connectivity index (χ0n) is 9.07. The highest BCUT2D eigenvalue weighted by Crippen LogP contribution is 2.31. The lowest BCUT2D eigenvalue weighted by Gasteiger charge is -2.26. The van der Waals surface area contributed by atoms with E-state index in [0.29, 0.717) is 10.0 Å². The number of nitro benzene ring substituents is 1. The van der Waals surface area contributed by atoms with E-state index < -0.39 is 10.5 Å². The van der Waals surface area contributed by atoms with Gasteiger partial charge in [-0.15, -0.1) is 0 Å². The molecule has 1 unspecified atom stereocenters. The van der Waals surface area contributed by atoms with Crippen LogP contribution < -0.4 is 5.73 Å². The van der Waals surface area contributed by atoms with E-state index in [4.69, 9.17) is 10.5 Å². The van der Waals surface area contributed by atoms with E-state index in [9.17, 15) is 10.1 Å². The molecule has 2 N–H and O–H groups in total. The van der Waals surface area contributed by atoms with Crippen molar-refractivity contribution in [2.75, 3.05) is 13.7 Å². The Morgan fingerprint density at radius 3 is 2.69 bits per heavy atom. The molecule has 0 radical (unpaired) electrons. The maximum absolute atomic E-state index is 10.8. The fourth-order valence-corrected chi connectivity index (χ4v) is 1.69. The van der Waals surface area contributed by atoms with Crippen molar-refractivity contribution in [2.24, 2.45) is 5.73 Å². The topological polar surface area (TPSA) is 78.4 Å². The Morgan fingerprint density at radius 1 is 1.62 bits per heavy atom. The zero-order valence-corrected chi connectivity index (χ0v) is 10.7. The third kappa shape index (κ3) is 2.40. The molecular weight excluding hydrogens is 276 g/mol. The van der Waals surface area contributed by atoms with E-state index in [2.05, 4.69) is 15.9 Å². The second-order valence-electron chi connectivity index (χ2n) is 3.56. The molecule has 1 atom stereocenters. The summed E-state index contributed by atoms with van der Waals surface area (Å²) in [4.78, 5) is 10.3. The van der Waals surface area contributed by atoms with Crippen LogP contribution in [0, 0.1) is 10.1 Å². The van der Waals surface area contributed by atoms with Crippen molar-refractivity contribution in [2.45, 2.75) is 12.5 Å². The van der Waals surface area contributed by atoms with Crippen LogP contribution in [0.1, 0.15) is 12.5 Å². The van der Waals surface area contributed by atoms with E-state index in [0.717, 1.165) is 0 Å². The van der Waals surface area contributed by atoms with Gasteiger partial charge in [0, 0.05) is 19.7 Å². The molecule has 0 spiro atoms. The minimum Gasteiger partial charge on any atom is -0.372 e. The predicted octanol–water partition coefficient (Wildman–Crippen LogP) is 2.18. The number of hydrogen-bond donors (Lipinski definition) is 1. The lowest BCUT2D eigenvalue weighted by molar-refractivity contribution is -0.385. The van der Waals surface area contributed by atoms with Gasteiger partial charge < -0.3 is 10.5 Å². The van der Waals surface area contributed by atoms with Crippen molar-refractivity contribution in [3.8, 4) is 0 Å². The van der Waals surface area contributed by atoms with Crippen molar-refractivity contribution in [1.82, 2.24) is 0 Å². The van der Waals surface area contributed by atoms with E-state index in [-0.39, 0.29) is 12.2 Å². The lowest BCUT2D eigenvalue weighted by atomic mass is 9.95. The third-order valence-corrected chi connectivity index (χ3v) is 3.26. The molecule has 1 aromatic carbocycles. The normalized spacial score (nSPS) is 14.5. The van der Waals surface area contributed by atoms with Gasteiger partial charge >= 0.3 is 0 Å². The highest BCUT2D eigenvalue weighted by atomic mass is 79.9. The Morgan fingerprint density at radius 2 is 2.25 bits per heavy atom. The van der Waals surface area contributed by atoms with Gasteiger partial charge in [0.25, 0.3) is 5.69 Å². The molecule has 5 nitrogen and oxygen atoms in total. The summed E-state index contributed by atoms with van der Waals surface area (Å²) in [5.41, 5.74) is 5.60. The molecule has 0 aromatic heterocycles. The predicted molar refractivity (Wildman–Crippen MR) is 64.2 cm³/mol. The molecule has 0 saturated carbocycles. The van der Waals surface area contributed by atoms with Crippen LogP contribution in [0.25, 0.3) is 0 Å². The van der Waals surface area contributed by atoms with Crippen LogP contribution in [0.2, 0.25) is 0 Å². The molecule has 1 aromatic rings. The Labute approximate surface area is 102 Å². The molecule has 1 rings (SSSR count). The van der Waals surface area contributed by atoms with Crippen LogP contribution in [0.15, 0.2) is 22.7 Å². The summed E-state index contributed by atoms with van der Waals surface area (Å²) in [5.74, 6) is 0. The van der Waals surface area contributed by atoms with Gasteiger partial charge in [-0.2, -0.15) is 0 Å². The van der Waals surface area contributed by atoms with Crippen molar-refractivity contribution in [3.63, 3.8) is 0 Å². The third-order valence-electron chi connectivity index (χ3n) is 2.59. The largest absolute Gasteiger partial charge is 0.372 e. The summed E-state index contributed by atoms with van der Waals surface area (Å²) >= 11 is 3.13. The molecule has 0 fully saturated rings. The first-order chi connectivity index (χ1) is 7.44. The highest BCUT2D eigenvalue weighted by molar-refractivity contribution is 9.10. The van der Waals surface area contributed by atoms with Gasteiger partial charge in [0.15, 0.2) is 0 Å². The van der Waals surface area contributed by atoms with E-state index in [1.54, 1.807) is 19.1 Å². The molecule has 0 saturated heterocycles. The van der Waals surface area contributed by atoms with E-state index in [1.807, 2.05) is 0 Å². The maximum atomic E-state index is 10.8. The molecule has 16 heavy (non-hydrogen) atoms. The fraction of sp³-hybridized carbons (Fsp3) is 0.400. The van der Waals surface area contributed by atoms with Crippen molar-refractivity contribution in [1.29, 1.82) is 0 Å². The number of nitro groups is 1. The van der Waals surface area contributed by atoms with Crippen LogP contribution in [-0.2, 0) is 10.3 Å². The number of halogens is 1. The number of nitrogens with zero attached hydrogens (tertiary/aromatic N) is 1. The van der Waals surface area contributed by atoms with Gasteiger partial charge in [-0.3, -0.25) is 10.1 Å². The van der Waals surface area contributed by atoms with E-state index >= 15 is 0 Å². The van der Waals surface area contributed by atoms with Gasteiger partial charge in [0.05, 0.1) is 9.40 Å². The van der Waals surface area contributed by atoms with Crippen LogP contribution in [0.5, 0.6) is 0 Å². The van der Waals surface area contributed by atoms with Crippen LogP contribution >= 0.6 is 15.9 Å². The minimum atomic E-state index is -0.703. The highest BCUT2D eigenvalue weighted by Gasteiger charge is 2.27. The first kappa shape index (κ1) is 13.1. The summed E-state index contributed by atoms with van der Waals surface area (Å²) in [7, 11) is 1.53. The number of methoxy groups -OCH3 is 1. The summed E-state index contributed by atoms with van der Waals surface area (Å²) in [6.07, 6.45) is 0. The first-order valence-corrected chi connectivity index (χ1v) is 5.43. The molecule has 88 valence electrons. The molecule has 0 amide bonds. The maximum Gasteiger partial charge on any atom is 0.283 e. The number of nitrogens with two attached hydrogens (primary N) is 1. The summed E-state index contributed by atoms with van der Waals surface area (Å²) in [5, 5.41) is 10.8. The number of ether oxygens (including phenoxy) is 1. The molecular formula is C10H13BrN2O3. The molecule has 6 heteroatoms. The standard InChI is InChI=1S/C10H13BrN2O3/c1-10(6-12,16-2)7-3-4-8(11)9(5-7)13(14)15/h3-5H,6,12H2,1-2H3. The Kier molecular flexibility index (Phi) is 4.01. The zero-order chi connectivity index (χ0) is 12.3. The second kappa shape index (κ2) is 4.90. The van der Waals surface area contributed by atoms with Crippen molar-refractivity contribution < 1.29 is 9.66 Å². The summed E-state index contributed by atoms with van der Waals surface area (Å²) in [6.45, 7) is 2.04. The van der Waals surface area contributed by atoms with E-state index in [1.165, 1.54) is 13.2 Å². The van der Waals surface area contributed by atoms with Crippen LogP contribution in [-0.4, -0.2) is 18.6 Å². The number of hydrogen-bond acceptors (Lipinski definition) is 4. The summed E-state index contributed by atoms with van der Waals surface area (Å²) in [6, 6.07) is 4.86. The van der Waals surface area contributed by atoms with Crippen molar-refractivity contribution >= 4 is 21.6 Å². The monoisotopic (exact) mass is 288 g/mol. The number of rotatable bonds is 4. The quantitative estimate of drug-likeness (QED) is 0.680.